The maximum absolute atomic E-state index is 10.7. The number of hydrogen-bond acceptors (Lipinski definition) is 4. The van der Waals surface area contributed by atoms with Crippen molar-refractivity contribution < 1.29 is 4.92 Å². The Bertz CT molecular complexity index is 317. The minimum Gasteiger partial charge on any atom is -0.373 e. The lowest BCUT2D eigenvalue weighted by Gasteiger charge is -2.01. The van der Waals surface area contributed by atoms with Gasteiger partial charge in [-0.15, -0.1) is 0 Å². The van der Waals surface area contributed by atoms with Crippen LogP contribution in [0.2, 0.25) is 0 Å². The molecule has 0 radical (unpaired) electrons. The van der Waals surface area contributed by atoms with Crippen LogP contribution in [0, 0.1) is 10.1 Å². The number of allylic oxidation sites excluding steroid dienone is 1. The third-order valence-corrected chi connectivity index (χ3v) is 3.38. The molecule has 1 N–H and O–H groups in total. The van der Waals surface area contributed by atoms with Crippen LogP contribution in [0.5, 0.6) is 0 Å². The van der Waals surface area contributed by atoms with Gasteiger partial charge in [0, 0.05) is 12.3 Å². The summed E-state index contributed by atoms with van der Waals surface area (Å²) in [5, 5.41) is 13.7. The minimum absolute atomic E-state index is 0.241. The van der Waals surface area contributed by atoms with Gasteiger partial charge in [0.2, 0.25) is 0 Å². The minimum atomic E-state index is -0.603. The lowest BCUT2D eigenvalue weighted by Crippen LogP contribution is -2.11. The molecule has 0 aromatic rings. The van der Waals surface area contributed by atoms with Gasteiger partial charge in [0.05, 0.1) is 4.92 Å². The van der Waals surface area contributed by atoms with E-state index in [-0.39, 0.29) is 15.2 Å². The van der Waals surface area contributed by atoms with E-state index in [1.165, 1.54) is 11.8 Å². The lowest BCUT2D eigenvalue weighted by atomic mass is 10.4. The van der Waals surface area contributed by atoms with Crippen LogP contribution >= 0.6 is 46.6 Å². The Kier molecular flexibility index (Phi) is 4.37. The van der Waals surface area contributed by atoms with E-state index < -0.39 is 4.92 Å². The fraction of sp³-hybridized carbons (Fsp3) is 0.333. The number of nitrogens with one attached hydrogen (secondary N) is 1. The van der Waals surface area contributed by atoms with E-state index >= 15 is 0 Å². The standard InChI is InChI=1S/C6H5Cl3N2O2S/c7-3(5(8)9)4(11(12)13)6-10-1-2-14-6/h10H,1-2H2. The molecule has 1 rings (SSSR count). The van der Waals surface area contributed by atoms with Gasteiger partial charge in [-0.1, -0.05) is 46.6 Å². The first-order valence-corrected chi connectivity index (χ1v) is 5.62. The summed E-state index contributed by atoms with van der Waals surface area (Å²) in [4.78, 5) is 10.1. The van der Waals surface area contributed by atoms with Crippen molar-refractivity contribution in [2.75, 3.05) is 12.3 Å². The monoisotopic (exact) mass is 274 g/mol. The van der Waals surface area contributed by atoms with Crippen molar-refractivity contribution in [3.8, 4) is 0 Å². The van der Waals surface area contributed by atoms with Crippen molar-refractivity contribution in [3.63, 3.8) is 0 Å². The maximum atomic E-state index is 10.7. The molecular formula is C6H5Cl3N2O2S. The third kappa shape index (κ3) is 2.70. The Morgan fingerprint density at radius 1 is 1.50 bits per heavy atom. The molecule has 8 heteroatoms. The molecule has 0 aromatic heterocycles. The molecule has 1 aliphatic rings. The highest BCUT2D eigenvalue weighted by Gasteiger charge is 2.27. The van der Waals surface area contributed by atoms with Gasteiger partial charge in [0.15, 0.2) is 5.03 Å². The lowest BCUT2D eigenvalue weighted by molar-refractivity contribution is -0.420. The summed E-state index contributed by atoms with van der Waals surface area (Å²) in [6.45, 7) is 0.668. The molecule has 0 amide bonds. The summed E-state index contributed by atoms with van der Waals surface area (Å²) < 4.78 is -0.305. The van der Waals surface area contributed by atoms with Crippen molar-refractivity contribution in [3.05, 3.63) is 30.4 Å². The van der Waals surface area contributed by atoms with E-state index in [4.69, 9.17) is 34.8 Å². The molecule has 1 saturated heterocycles. The molecule has 1 fully saturated rings. The van der Waals surface area contributed by atoms with Crippen molar-refractivity contribution in [1.82, 2.24) is 5.32 Å². The first kappa shape index (κ1) is 12.0. The zero-order valence-electron chi connectivity index (χ0n) is 6.72. The summed E-state index contributed by atoms with van der Waals surface area (Å²) >= 11 is 17.7. The number of thioether (sulfide) groups is 1. The smallest absolute Gasteiger partial charge is 0.319 e. The predicted molar refractivity (Wildman–Crippen MR) is 59.1 cm³/mol. The zero-order valence-corrected chi connectivity index (χ0v) is 9.80. The summed E-state index contributed by atoms with van der Waals surface area (Å²) in [6.07, 6.45) is 0. The Labute approximate surface area is 99.4 Å². The second-order valence-corrected chi connectivity index (χ2v) is 4.72. The van der Waals surface area contributed by atoms with Crippen molar-refractivity contribution >= 4 is 46.6 Å². The molecule has 0 atom stereocenters. The fourth-order valence-corrected chi connectivity index (χ4v) is 2.20. The molecule has 4 nitrogen and oxygen atoms in total. The quantitative estimate of drug-likeness (QED) is 0.622. The van der Waals surface area contributed by atoms with Gasteiger partial charge in [-0.05, 0) is 0 Å². The molecule has 0 saturated carbocycles. The molecule has 0 bridgehead atoms. The maximum Gasteiger partial charge on any atom is 0.319 e. The molecule has 0 aliphatic carbocycles. The van der Waals surface area contributed by atoms with Crippen molar-refractivity contribution in [1.29, 1.82) is 0 Å². The Hall–Kier alpha value is -0.100. The Balaban J connectivity index is 3.13. The molecule has 1 aliphatic heterocycles. The Morgan fingerprint density at radius 3 is 2.50 bits per heavy atom. The van der Waals surface area contributed by atoms with E-state index in [1.54, 1.807) is 0 Å². The van der Waals surface area contributed by atoms with Crippen LogP contribution in [-0.2, 0) is 0 Å². The summed E-state index contributed by atoms with van der Waals surface area (Å²) in [7, 11) is 0. The largest absolute Gasteiger partial charge is 0.373 e. The first-order chi connectivity index (χ1) is 6.54. The third-order valence-electron chi connectivity index (χ3n) is 1.41. The van der Waals surface area contributed by atoms with E-state index in [0.29, 0.717) is 11.6 Å². The van der Waals surface area contributed by atoms with Crippen LogP contribution in [0.15, 0.2) is 20.2 Å². The number of halogens is 3. The van der Waals surface area contributed by atoms with Crippen LogP contribution < -0.4 is 5.32 Å². The molecular weight excluding hydrogens is 271 g/mol. The highest BCUT2D eigenvalue weighted by molar-refractivity contribution is 8.03. The first-order valence-electron chi connectivity index (χ1n) is 3.50. The van der Waals surface area contributed by atoms with Crippen molar-refractivity contribution in [2.45, 2.75) is 0 Å². The van der Waals surface area contributed by atoms with Gasteiger partial charge >= 0.3 is 5.70 Å². The van der Waals surface area contributed by atoms with Gasteiger partial charge < -0.3 is 5.32 Å². The second kappa shape index (κ2) is 5.11. The molecule has 1 heterocycles. The highest BCUT2D eigenvalue weighted by atomic mass is 35.5. The highest BCUT2D eigenvalue weighted by Crippen LogP contribution is 2.32. The van der Waals surface area contributed by atoms with Crippen LogP contribution in [-0.4, -0.2) is 17.2 Å². The average molecular weight is 276 g/mol. The van der Waals surface area contributed by atoms with Gasteiger partial charge in [0.1, 0.15) is 9.52 Å². The van der Waals surface area contributed by atoms with Gasteiger partial charge in [-0.25, -0.2) is 0 Å². The van der Waals surface area contributed by atoms with Gasteiger partial charge in [-0.2, -0.15) is 0 Å². The normalized spacial score (nSPS) is 18.8. The van der Waals surface area contributed by atoms with Crippen molar-refractivity contribution in [2.24, 2.45) is 0 Å². The Morgan fingerprint density at radius 2 is 2.14 bits per heavy atom. The fourth-order valence-electron chi connectivity index (χ4n) is 0.873. The summed E-state index contributed by atoms with van der Waals surface area (Å²) in [6, 6.07) is 0. The van der Waals surface area contributed by atoms with E-state index in [2.05, 4.69) is 5.32 Å². The second-order valence-electron chi connectivity index (χ2n) is 2.28. The summed E-state index contributed by atoms with van der Waals surface area (Å²) in [5.41, 5.74) is -0.269. The zero-order chi connectivity index (χ0) is 10.7. The van der Waals surface area contributed by atoms with Crippen LogP contribution in [0.1, 0.15) is 0 Å². The molecule has 0 spiro atoms. The van der Waals surface area contributed by atoms with Crippen LogP contribution in [0.25, 0.3) is 0 Å². The molecule has 0 aromatic carbocycles. The number of nitrogens with zero attached hydrogens (tertiary/aromatic N) is 1. The number of hydrogen-bond donors (Lipinski definition) is 1. The van der Waals surface area contributed by atoms with Gasteiger partial charge in [-0.3, -0.25) is 10.1 Å². The predicted octanol–water partition coefficient (Wildman–Crippen LogP) is 2.65. The summed E-state index contributed by atoms with van der Waals surface area (Å²) in [5.74, 6) is 0.761. The molecule has 0 unspecified atom stereocenters. The van der Waals surface area contributed by atoms with E-state index in [9.17, 15) is 10.1 Å². The van der Waals surface area contributed by atoms with Crippen LogP contribution in [0.3, 0.4) is 0 Å². The molecule has 14 heavy (non-hydrogen) atoms. The topological polar surface area (TPSA) is 55.2 Å². The van der Waals surface area contributed by atoms with Crippen LogP contribution in [0.4, 0.5) is 0 Å². The van der Waals surface area contributed by atoms with Gasteiger partial charge in [0.25, 0.3) is 0 Å². The van der Waals surface area contributed by atoms with E-state index in [0.717, 1.165) is 5.75 Å². The molecule has 78 valence electrons. The van der Waals surface area contributed by atoms with E-state index in [1.807, 2.05) is 0 Å². The number of nitro groups is 1. The number of rotatable bonds is 2. The average Bonchev–Trinajstić information content (AvgIpc) is 2.56. The SMILES string of the molecule is O=[N+]([O-])C(=C1NCCS1)C(Cl)=C(Cl)Cl.